The van der Waals surface area contributed by atoms with Crippen molar-refractivity contribution in [3.05, 3.63) is 0 Å². The highest BCUT2D eigenvalue weighted by molar-refractivity contribution is 5.95. The topological polar surface area (TPSA) is 231 Å². The Hall–Kier alpha value is -3.22. The molecule has 13 nitrogen and oxygen atoms in total. The van der Waals surface area contributed by atoms with E-state index in [1.165, 1.54) is 0 Å². The molecule has 0 spiro atoms. The molecule has 0 saturated heterocycles. The summed E-state index contributed by atoms with van der Waals surface area (Å²) in [5.41, 5.74) is 10.6. The SMILES string of the molecule is CC(C)CC(NC(=O)C(CC(N)=O)NC(=O)CNC(=O)C(N)CCC(=O)O)C(=O)O. The Morgan fingerprint density at radius 3 is 2.00 bits per heavy atom. The number of hydrogen-bond acceptors (Lipinski definition) is 7. The highest BCUT2D eigenvalue weighted by Gasteiger charge is 2.28. The molecule has 0 aliphatic rings. The summed E-state index contributed by atoms with van der Waals surface area (Å²) in [5, 5.41) is 24.4. The van der Waals surface area contributed by atoms with Gasteiger partial charge in [0.05, 0.1) is 19.0 Å². The van der Waals surface area contributed by atoms with Gasteiger partial charge in [0.2, 0.25) is 23.6 Å². The number of nitrogens with one attached hydrogen (secondary N) is 3. The highest BCUT2D eigenvalue weighted by Crippen LogP contribution is 2.06. The maximum atomic E-state index is 12.3. The zero-order chi connectivity index (χ0) is 23.4. The largest absolute Gasteiger partial charge is 0.481 e. The maximum Gasteiger partial charge on any atom is 0.326 e. The monoisotopic (exact) mass is 431 g/mol. The average molecular weight is 431 g/mol. The van der Waals surface area contributed by atoms with Crippen LogP contribution < -0.4 is 27.4 Å². The van der Waals surface area contributed by atoms with Crippen molar-refractivity contribution in [1.29, 1.82) is 0 Å². The molecule has 9 N–H and O–H groups in total. The summed E-state index contributed by atoms with van der Waals surface area (Å²) in [5.74, 6) is -5.91. The molecular weight excluding hydrogens is 402 g/mol. The summed E-state index contributed by atoms with van der Waals surface area (Å²) < 4.78 is 0. The molecule has 0 rings (SSSR count). The van der Waals surface area contributed by atoms with Crippen LogP contribution in [0, 0.1) is 5.92 Å². The summed E-state index contributed by atoms with van der Waals surface area (Å²) in [6.45, 7) is 2.92. The van der Waals surface area contributed by atoms with Crippen molar-refractivity contribution in [2.45, 2.75) is 57.7 Å². The fourth-order valence-corrected chi connectivity index (χ4v) is 2.33. The molecule has 3 atom stereocenters. The van der Waals surface area contributed by atoms with Crippen LogP contribution in [0.4, 0.5) is 0 Å². The van der Waals surface area contributed by atoms with E-state index in [0.717, 1.165) is 0 Å². The number of carboxylic acid groups (broad SMARTS) is 2. The second kappa shape index (κ2) is 13.1. The Bertz CT molecular complexity index is 667. The number of amides is 4. The molecule has 0 aromatic heterocycles. The molecule has 13 heteroatoms. The van der Waals surface area contributed by atoms with Crippen LogP contribution in [0.1, 0.15) is 39.5 Å². The van der Waals surface area contributed by atoms with Crippen LogP contribution in [0.15, 0.2) is 0 Å². The summed E-state index contributed by atoms with van der Waals surface area (Å²) in [7, 11) is 0. The van der Waals surface area contributed by atoms with Crippen molar-refractivity contribution < 1.29 is 39.0 Å². The Kier molecular flexibility index (Phi) is 11.7. The van der Waals surface area contributed by atoms with Crippen LogP contribution in [-0.2, 0) is 28.8 Å². The lowest BCUT2D eigenvalue weighted by molar-refractivity contribution is -0.143. The number of rotatable bonds is 14. The van der Waals surface area contributed by atoms with Gasteiger partial charge in [0, 0.05) is 6.42 Å². The van der Waals surface area contributed by atoms with Gasteiger partial charge in [-0.25, -0.2) is 4.79 Å². The van der Waals surface area contributed by atoms with E-state index in [-0.39, 0.29) is 25.2 Å². The third kappa shape index (κ3) is 11.6. The second-order valence-corrected chi connectivity index (χ2v) is 7.08. The molecule has 3 unspecified atom stereocenters. The number of primary amides is 1. The van der Waals surface area contributed by atoms with Gasteiger partial charge in [-0.2, -0.15) is 0 Å². The molecule has 30 heavy (non-hydrogen) atoms. The molecular formula is C17H29N5O8. The average Bonchev–Trinajstić information content (AvgIpc) is 2.61. The van der Waals surface area contributed by atoms with E-state index in [1.807, 2.05) is 0 Å². The Balaban J connectivity index is 4.87. The predicted molar refractivity (Wildman–Crippen MR) is 103 cm³/mol. The lowest BCUT2D eigenvalue weighted by atomic mass is 10.0. The van der Waals surface area contributed by atoms with Crippen molar-refractivity contribution in [2.24, 2.45) is 17.4 Å². The van der Waals surface area contributed by atoms with E-state index >= 15 is 0 Å². The van der Waals surface area contributed by atoms with Gasteiger partial charge in [0.25, 0.3) is 0 Å². The Labute approximate surface area is 172 Å². The fraction of sp³-hybridized carbons (Fsp3) is 0.647. The molecule has 0 aliphatic heterocycles. The Morgan fingerprint density at radius 2 is 1.53 bits per heavy atom. The molecule has 170 valence electrons. The molecule has 0 saturated carbocycles. The van der Waals surface area contributed by atoms with Gasteiger partial charge in [0.15, 0.2) is 0 Å². The third-order valence-electron chi connectivity index (χ3n) is 3.81. The van der Waals surface area contributed by atoms with Crippen LogP contribution in [0.3, 0.4) is 0 Å². The molecule has 0 bridgehead atoms. The standard InChI is InChI=1S/C17H29N5O8/c1-8(2)5-11(17(29)30)22-16(28)10(6-12(19)23)21-13(24)7-20-15(27)9(18)3-4-14(25)26/h8-11H,3-7,18H2,1-2H3,(H2,19,23)(H,20,27)(H,21,24)(H,22,28)(H,25,26)(H,29,30). The minimum absolute atomic E-state index is 0.0453. The molecule has 0 aromatic rings. The van der Waals surface area contributed by atoms with Crippen LogP contribution in [-0.4, -0.2) is 70.5 Å². The summed E-state index contributed by atoms with van der Waals surface area (Å²) in [6, 6.07) is -3.82. The first kappa shape index (κ1) is 26.8. The predicted octanol–water partition coefficient (Wildman–Crippen LogP) is -2.73. The molecule has 0 aliphatic carbocycles. The van der Waals surface area contributed by atoms with E-state index in [4.69, 9.17) is 16.6 Å². The zero-order valence-corrected chi connectivity index (χ0v) is 16.8. The number of aliphatic carboxylic acids is 2. The normalized spacial score (nSPS) is 13.6. The van der Waals surface area contributed by atoms with E-state index in [0.29, 0.717) is 0 Å². The van der Waals surface area contributed by atoms with Gasteiger partial charge in [-0.1, -0.05) is 13.8 Å². The van der Waals surface area contributed by atoms with Gasteiger partial charge in [-0.15, -0.1) is 0 Å². The van der Waals surface area contributed by atoms with Gasteiger partial charge >= 0.3 is 11.9 Å². The second-order valence-electron chi connectivity index (χ2n) is 7.08. The number of nitrogens with two attached hydrogens (primary N) is 2. The smallest absolute Gasteiger partial charge is 0.326 e. The lowest BCUT2D eigenvalue weighted by Gasteiger charge is -2.22. The van der Waals surface area contributed by atoms with Gasteiger partial charge in [0.1, 0.15) is 12.1 Å². The van der Waals surface area contributed by atoms with Crippen molar-refractivity contribution in [3.63, 3.8) is 0 Å². The molecule has 0 fully saturated rings. The number of hydrogen-bond donors (Lipinski definition) is 7. The zero-order valence-electron chi connectivity index (χ0n) is 16.8. The van der Waals surface area contributed by atoms with Gasteiger partial charge < -0.3 is 37.6 Å². The van der Waals surface area contributed by atoms with Gasteiger partial charge in [-0.05, 0) is 18.8 Å². The lowest BCUT2D eigenvalue weighted by Crippen LogP contribution is -2.54. The van der Waals surface area contributed by atoms with E-state index in [1.54, 1.807) is 13.8 Å². The molecule has 4 amide bonds. The summed E-state index contributed by atoms with van der Waals surface area (Å²) in [6.07, 6.45) is -0.926. The van der Waals surface area contributed by atoms with Crippen molar-refractivity contribution >= 4 is 35.6 Å². The maximum absolute atomic E-state index is 12.3. The third-order valence-corrected chi connectivity index (χ3v) is 3.81. The van der Waals surface area contributed by atoms with E-state index < -0.39 is 66.7 Å². The fourth-order valence-electron chi connectivity index (χ4n) is 2.33. The first-order chi connectivity index (χ1) is 13.8. The number of carbonyl (C=O) groups is 6. The van der Waals surface area contributed by atoms with Crippen LogP contribution in [0.25, 0.3) is 0 Å². The highest BCUT2D eigenvalue weighted by atomic mass is 16.4. The number of carbonyl (C=O) groups excluding carboxylic acids is 4. The minimum atomic E-state index is -1.44. The molecule has 0 aromatic carbocycles. The minimum Gasteiger partial charge on any atom is -0.481 e. The first-order valence-electron chi connectivity index (χ1n) is 9.19. The van der Waals surface area contributed by atoms with Crippen LogP contribution >= 0.6 is 0 Å². The first-order valence-corrected chi connectivity index (χ1v) is 9.19. The molecule has 0 heterocycles. The Morgan fingerprint density at radius 1 is 0.933 bits per heavy atom. The van der Waals surface area contributed by atoms with Gasteiger partial charge in [-0.3, -0.25) is 24.0 Å². The summed E-state index contributed by atoms with van der Waals surface area (Å²) in [4.78, 5) is 69.1. The van der Waals surface area contributed by atoms with Crippen molar-refractivity contribution in [3.8, 4) is 0 Å². The summed E-state index contributed by atoms with van der Waals surface area (Å²) >= 11 is 0. The van der Waals surface area contributed by atoms with Crippen LogP contribution in [0.5, 0.6) is 0 Å². The van der Waals surface area contributed by atoms with Crippen LogP contribution in [0.2, 0.25) is 0 Å². The molecule has 0 radical (unpaired) electrons. The van der Waals surface area contributed by atoms with Crippen molar-refractivity contribution in [2.75, 3.05) is 6.54 Å². The van der Waals surface area contributed by atoms with E-state index in [9.17, 15) is 33.9 Å². The quantitative estimate of drug-likeness (QED) is 0.151. The van der Waals surface area contributed by atoms with E-state index in [2.05, 4.69) is 16.0 Å². The van der Waals surface area contributed by atoms with Crippen molar-refractivity contribution in [1.82, 2.24) is 16.0 Å². The number of carboxylic acids is 2.